The van der Waals surface area contributed by atoms with E-state index in [1.807, 2.05) is 33.9 Å². The van der Waals surface area contributed by atoms with E-state index in [-0.39, 0.29) is 25.3 Å². The molecule has 0 radical (unpaired) electrons. The van der Waals surface area contributed by atoms with E-state index < -0.39 is 0 Å². The van der Waals surface area contributed by atoms with Gasteiger partial charge in [0.05, 0.1) is 0 Å². The van der Waals surface area contributed by atoms with E-state index in [1.165, 1.54) is 6.07 Å². The number of benzene rings is 2. The van der Waals surface area contributed by atoms with Crippen LogP contribution in [0.15, 0.2) is 54.7 Å². The number of nitrogens with zero attached hydrogens (tertiary/aromatic N) is 3. The SMILES string of the molecule is O=[N+]([O-])c1ccc2ncccc2c1-n1[se]c2ccccc2c1=S. The van der Waals surface area contributed by atoms with Crippen molar-refractivity contribution < 1.29 is 4.92 Å². The van der Waals surface area contributed by atoms with Crippen LogP contribution >= 0.6 is 12.2 Å². The Labute approximate surface area is 141 Å². The molecule has 0 aliphatic rings. The fraction of sp³-hybridized carbons (Fsp3) is 0. The summed E-state index contributed by atoms with van der Waals surface area (Å²) >= 11 is 5.46. The molecule has 112 valence electrons. The van der Waals surface area contributed by atoms with Crippen LogP contribution in [0.1, 0.15) is 0 Å². The molecule has 0 fully saturated rings. The van der Waals surface area contributed by atoms with Gasteiger partial charge in [-0.05, 0) is 0 Å². The van der Waals surface area contributed by atoms with Gasteiger partial charge >= 0.3 is 142 Å². The average Bonchev–Trinajstić information content (AvgIpc) is 2.90. The van der Waals surface area contributed by atoms with Crippen LogP contribution in [0, 0.1) is 14.8 Å². The number of rotatable bonds is 2. The quantitative estimate of drug-likeness (QED) is 0.227. The Morgan fingerprint density at radius 2 is 1.87 bits per heavy atom. The number of hydrogen-bond acceptors (Lipinski definition) is 4. The maximum atomic E-state index is 11.5. The van der Waals surface area contributed by atoms with Gasteiger partial charge in [-0.25, -0.2) is 0 Å². The molecule has 2 aromatic carbocycles. The topological polar surface area (TPSA) is 61.0 Å². The summed E-state index contributed by atoms with van der Waals surface area (Å²) in [6, 6.07) is 14.7. The van der Waals surface area contributed by atoms with Crippen molar-refractivity contribution in [3.8, 4) is 5.69 Å². The van der Waals surface area contributed by atoms with Crippen molar-refractivity contribution in [2.24, 2.45) is 0 Å². The zero-order chi connectivity index (χ0) is 16.0. The van der Waals surface area contributed by atoms with Gasteiger partial charge in [0.2, 0.25) is 0 Å². The molecule has 2 aromatic heterocycles. The summed E-state index contributed by atoms with van der Waals surface area (Å²) in [7, 11) is 0. The Morgan fingerprint density at radius 1 is 1.09 bits per heavy atom. The van der Waals surface area contributed by atoms with Gasteiger partial charge in [0.1, 0.15) is 0 Å². The Kier molecular flexibility index (Phi) is 3.34. The first-order valence-corrected chi connectivity index (χ1v) is 8.83. The fourth-order valence-electron chi connectivity index (χ4n) is 2.61. The molecule has 0 spiro atoms. The Balaban J connectivity index is 2.18. The molecule has 0 bridgehead atoms. The summed E-state index contributed by atoms with van der Waals surface area (Å²) in [4.78, 5) is 15.5. The molecule has 0 unspecified atom stereocenters. The van der Waals surface area contributed by atoms with E-state index in [2.05, 4.69) is 4.98 Å². The fourth-order valence-corrected chi connectivity index (χ4v) is 5.45. The van der Waals surface area contributed by atoms with Crippen molar-refractivity contribution >= 4 is 53.2 Å². The Bertz CT molecular complexity index is 1130. The zero-order valence-corrected chi connectivity index (χ0v) is 14.2. The van der Waals surface area contributed by atoms with Gasteiger partial charge in [-0.2, -0.15) is 0 Å². The van der Waals surface area contributed by atoms with Crippen molar-refractivity contribution in [3.63, 3.8) is 0 Å². The number of pyridine rings is 1. The predicted octanol–water partition coefficient (Wildman–Crippen LogP) is 3.87. The molecule has 0 saturated heterocycles. The summed E-state index contributed by atoms with van der Waals surface area (Å²) in [6.07, 6.45) is 1.68. The van der Waals surface area contributed by atoms with Gasteiger partial charge in [0.25, 0.3) is 0 Å². The molecule has 0 amide bonds. The molecule has 0 aliphatic carbocycles. The summed E-state index contributed by atoms with van der Waals surface area (Å²) in [5.74, 6) is 0. The first-order valence-electron chi connectivity index (χ1n) is 6.80. The van der Waals surface area contributed by atoms with Gasteiger partial charge in [-0.1, -0.05) is 0 Å². The minimum absolute atomic E-state index is 0.0579. The zero-order valence-electron chi connectivity index (χ0n) is 11.7. The Hall–Kier alpha value is -2.34. The van der Waals surface area contributed by atoms with E-state index in [0.717, 1.165) is 20.5 Å². The van der Waals surface area contributed by atoms with Crippen LogP contribution in [-0.4, -0.2) is 28.2 Å². The van der Waals surface area contributed by atoms with Gasteiger partial charge in [0, 0.05) is 0 Å². The molecule has 4 aromatic rings. The van der Waals surface area contributed by atoms with E-state index >= 15 is 0 Å². The number of nitro groups is 1. The van der Waals surface area contributed by atoms with Crippen LogP contribution in [0.4, 0.5) is 5.69 Å². The molecule has 0 aliphatic heterocycles. The number of nitro benzene ring substituents is 1. The van der Waals surface area contributed by atoms with E-state index in [4.69, 9.17) is 12.2 Å². The molecule has 23 heavy (non-hydrogen) atoms. The molecule has 0 saturated carbocycles. The summed E-state index contributed by atoms with van der Waals surface area (Å²) in [6.45, 7) is 0. The molecule has 2 heterocycles. The maximum absolute atomic E-state index is 11.5. The van der Waals surface area contributed by atoms with Crippen LogP contribution in [0.2, 0.25) is 0 Å². The van der Waals surface area contributed by atoms with Crippen LogP contribution < -0.4 is 0 Å². The molecular formula is C16H9N3O2SSe. The number of aromatic nitrogens is 2. The molecule has 0 N–H and O–H groups in total. The first kappa shape index (κ1) is 14.3. The van der Waals surface area contributed by atoms with E-state index in [9.17, 15) is 10.1 Å². The molecule has 7 heteroatoms. The number of hydrogen-bond donors (Lipinski definition) is 0. The van der Waals surface area contributed by atoms with E-state index in [1.54, 1.807) is 18.3 Å². The molecule has 4 rings (SSSR count). The monoisotopic (exact) mass is 387 g/mol. The number of fused-ring (bicyclic) bond motifs is 2. The molecular weight excluding hydrogens is 377 g/mol. The van der Waals surface area contributed by atoms with Gasteiger partial charge in [0.15, 0.2) is 0 Å². The summed E-state index contributed by atoms with van der Waals surface area (Å²) in [5.41, 5.74) is 1.33. The van der Waals surface area contributed by atoms with Crippen LogP contribution in [0.5, 0.6) is 0 Å². The standard InChI is InChI=1S/C16H9N3O2SSe/c20-19(21)13-8-7-12-10(5-3-9-17-12)15(13)18-16(22)11-4-1-2-6-14(11)23-18/h1-9H. The van der Waals surface area contributed by atoms with Crippen molar-refractivity contribution in [1.29, 1.82) is 0 Å². The minimum atomic E-state index is -0.358. The second kappa shape index (κ2) is 5.38. The van der Waals surface area contributed by atoms with Crippen LogP contribution in [0.25, 0.3) is 26.2 Å². The Morgan fingerprint density at radius 3 is 2.65 bits per heavy atom. The second-order valence-corrected chi connectivity index (χ2v) is 7.41. The van der Waals surface area contributed by atoms with Gasteiger partial charge in [-0.3, -0.25) is 0 Å². The van der Waals surface area contributed by atoms with Crippen LogP contribution in [0.3, 0.4) is 0 Å². The molecule has 5 nitrogen and oxygen atoms in total. The second-order valence-electron chi connectivity index (χ2n) is 4.95. The molecule has 0 atom stereocenters. The van der Waals surface area contributed by atoms with Crippen molar-refractivity contribution in [1.82, 2.24) is 8.55 Å². The normalized spacial score (nSPS) is 11.1. The van der Waals surface area contributed by atoms with Gasteiger partial charge in [-0.15, -0.1) is 0 Å². The van der Waals surface area contributed by atoms with E-state index in [0.29, 0.717) is 10.3 Å². The third kappa shape index (κ3) is 2.21. The van der Waals surface area contributed by atoms with Crippen molar-refractivity contribution in [2.45, 2.75) is 0 Å². The summed E-state index contributed by atoms with van der Waals surface area (Å²) in [5, 5.41) is 13.3. The predicted molar refractivity (Wildman–Crippen MR) is 93.0 cm³/mol. The van der Waals surface area contributed by atoms with Crippen LogP contribution in [-0.2, 0) is 0 Å². The first-order chi connectivity index (χ1) is 11.2. The van der Waals surface area contributed by atoms with Crippen molar-refractivity contribution in [3.05, 3.63) is 69.5 Å². The van der Waals surface area contributed by atoms with Gasteiger partial charge < -0.3 is 0 Å². The third-order valence-electron chi connectivity index (χ3n) is 3.63. The third-order valence-corrected chi connectivity index (χ3v) is 6.60. The van der Waals surface area contributed by atoms with Crippen molar-refractivity contribution in [2.75, 3.05) is 0 Å². The summed E-state index contributed by atoms with van der Waals surface area (Å²) < 4.78 is 3.68. The average molecular weight is 386 g/mol.